The van der Waals surface area contributed by atoms with Gasteiger partial charge in [-0.1, -0.05) is 145 Å². The zero-order valence-corrected chi connectivity index (χ0v) is 33.9. The van der Waals surface area contributed by atoms with Gasteiger partial charge in [-0.25, -0.2) is 0 Å². The van der Waals surface area contributed by atoms with Gasteiger partial charge in [-0.3, -0.25) is 0 Å². The van der Waals surface area contributed by atoms with Crippen LogP contribution in [0.15, 0.2) is 155 Å². The molecule has 0 aliphatic carbocycles. The number of benzene rings is 6. The van der Waals surface area contributed by atoms with Gasteiger partial charge in [0, 0.05) is 20.6 Å². The van der Waals surface area contributed by atoms with E-state index in [-0.39, 0.29) is 21.8 Å². The van der Waals surface area contributed by atoms with Crippen molar-refractivity contribution in [3.05, 3.63) is 173 Å². The second-order valence-electron chi connectivity index (χ2n) is 17.1. The molecule has 0 aromatic heterocycles. The number of ether oxygens (including phenoxy) is 2. The Morgan fingerprint density at radius 3 is 1.00 bits per heavy atom. The first-order valence-corrected chi connectivity index (χ1v) is 19.5. The molecule has 0 radical (unpaired) electrons. The molecular weight excluding hydrogens is 665 g/mol. The Morgan fingerprint density at radius 1 is 0.340 bits per heavy atom. The molecule has 0 spiro atoms. The van der Waals surface area contributed by atoms with Crippen molar-refractivity contribution in [2.75, 3.05) is 0 Å². The van der Waals surface area contributed by atoms with Crippen LogP contribution < -0.4 is 9.47 Å². The molecule has 0 aliphatic heterocycles. The third-order valence-corrected chi connectivity index (χ3v) is 11.2. The third kappa shape index (κ3) is 9.26. The van der Waals surface area contributed by atoms with E-state index in [2.05, 4.69) is 191 Å². The van der Waals surface area contributed by atoms with Gasteiger partial charge < -0.3 is 9.47 Å². The summed E-state index contributed by atoms with van der Waals surface area (Å²) in [4.78, 5) is 2.32. The van der Waals surface area contributed by atoms with Crippen LogP contribution in [0.2, 0.25) is 0 Å². The van der Waals surface area contributed by atoms with Crippen LogP contribution in [0.5, 0.6) is 17.2 Å². The summed E-state index contributed by atoms with van der Waals surface area (Å²) < 4.78 is 12.2. The van der Waals surface area contributed by atoms with Crippen LogP contribution in [-0.4, -0.2) is 5.60 Å². The molecule has 6 aromatic carbocycles. The molecule has 0 saturated heterocycles. The largest absolute Gasteiger partial charge is 0.488 e. The Hall–Kier alpha value is -4.73. The monoisotopic (exact) mass is 718 g/mol. The zero-order chi connectivity index (χ0) is 38.0. The molecule has 0 aliphatic rings. The first kappa shape index (κ1) is 38.0. The van der Waals surface area contributed by atoms with Gasteiger partial charge >= 0.3 is 0 Å². The normalized spacial score (nSPS) is 12.4. The topological polar surface area (TPSA) is 18.5 Å². The highest BCUT2D eigenvalue weighted by Crippen LogP contribution is 2.37. The summed E-state index contributed by atoms with van der Waals surface area (Å²) in [5, 5.41) is 0. The van der Waals surface area contributed by atoms with Gasteiger partial charge in [0.2, 0.25) is 0 Å². The molecule has 0 atom stereocenters. The molecule has 0 bridgehead atoms. The van der Waals surface area contributed by atoms with Crippen molar-refractivity contribution in [3.8, 4) is 28.4 Å². The Kier molecular flexibility index (Phi) is 10.7. The molecule has 0 saturated carbocycles. The fraction of sp³-hybridized carbons (Fsp3) is 0.280. The average Bonchev–Trinajstić information content (AvgIpc) is 3.13. The second-order valence-corrected chi connectivity index (χ2v) is 18.3. The molecule has 2 nitrogen and oxygen atoms in total. The van der Waals surface area contributed by atoms with Gasteiger partial charge in [-0.15, -0.1) is 0 Å². The highest BCUT2D eigenvalue weighted by atomic mass is 32.2. The molecule has 0 amide bonds. The predicted molar refractivity (Wildman–Crippen MR) is 225 cm³/mol. The molecule has 6 aromatic rings. The lowest BCUT2D eigenvalue weighted by Gasteiger charge is -2.28. The Labute approximate surface area is 322 Å². The fourth-order valence-corrected chi connectivity index (χ4v) is 7.41. The summed E-state index contributed by atoms with van der Waals surface area (Å²) in [7, 11) is 0. The van der Waals surface area contributed by atoms with Crippen molar-refractivity contribution in [1.82, 2.24) is 0 Å². The minimum absolute atomic E-state index is 0.0798. The van der Waals surface area contributed by atoms with E-state index >= 15 is 0 Å². The molecule has 0 heterocycles. The van der Waals surface area contributed by atoms with Gasteiger partial charge in [0.15, 0.2) is 0 Å². The van der Waals surface area contributed by atoms with Crippen LogP contribution in [0.4, 0.5) is 0 Å². The fourth-order valence-electron chi connectivity index (χ4n) is 6.60. The van der Waals surface area contributed by atoms with Crippen LogP contribution in [0, 0.1) is 0 Å². The summed E-state index contributed by atoms with van der Waals surface area (Å²) in [6.45, 7) is 22.2. The predicted octanol–water partition coefficient (Wildman–Crippen LogP) is 14.4. The lowest BCUT2D eigenvalue weighted by molar-refractivity contribution is 0.131. The average molecular weight is 719 g/mol. The quantitative estimate of drug-likeness (QED) is 0.140. The smallest absolute Gasteiger partial charge is 0.127 e. The van der Waals surface area contributed by atoms with Gasteiger partial charge in [0.25, 0.3) is 0 Å². The maximum absolute atomic E-state index is 6.23. The maximum atomic E-state index is 6.23. The van der Waals surface area contributed by atoms with Crippen LogP contribution in [0.1, 0.15) is 97.1 Å². The number of rotatable bonds is 10. The zero-order valence-electron chi connectivity index (χ0n) is 33.1. The van der Waals surface area contributed by atoms with Gasteiger partial charge in [-0.05, 0) is 126 Å². The molecule has 0 unspecified atom stereocenters. The highest BCUT2D eigenvalue weighted by Gasteiger charge is 2.25. The molecule has 3 heteroatoms. The first-order chi connectivity index (χ1) is 25.0. The van der Waals surface area contributed by atoms with Gasteiger partial charge in [0.1, 0.15) is 22.8 Å². The van der Waals surface area contributed by atoms with E-state index in [0.717, 1.165) is 22.1 Å². The lowest BCUT2D eigenvalue weighted by atomic mass is 9.76. The minimum Gasteiger partial charge on any atom is -0.488 e. The molecule has 272 valence electrons. The van der Waals surface area contributed by atoms with Gasteiger partial charge in [0.05, 0.1) is 0 Å². The Bertz CT molecular complexity index is 2090. The SMILES string of the molecule is CC(C)(C)Oc1ccc(Sc2ccc(Oc3ccc(C(C)(C)c4ccc(-c5ccc(C(C)(C)c6ccc(C(C)(C)C)cc6)cc5)cc4)cc3)cc2)cc1. The summed E-state index contributed by atoms with van der Waals surface area (Å²) in [5.41, 5.74) is 8.68. The van der Waals surface area contributed by atoms with Crippen LogP contribution in [0.3, 0.4) is 0 Å². The standard InChI is InChI=1S/C50H54O2S/c1-47(2,3)37-19-21-40(22-20-37)49(7,8)38-15-11-35(12-16-38)36-13-17-39(18-14-36)50(9,10)41-23-25-42(26-24-41)51-43-27-31-45(32-28-43)53-46-33-29-44(30-34-46)52-48(4,5)6/h11-34H,1-10H3. The van der Waals surface area contributed by atoms with E-state index in [9.17, 15) is 0 Å². The van der Waals surface area contributed by atoms with Crippen molar-refractivity contribution in [1.29, 1.82) is 0 Å². The lowest BCUT2D eigenvalue weighted by Crippen LogP contribution is -2.22. The molecule has 0 fully saturated rings. The van der Waals surface area contributed by atoms with Crippen LogP contribution in [-0.2, 0) is 16.2 Å². The van der Waals surface area contributed by atoms with Gasteiger partial charge in [-0.2, -0.15) is 0 Å². The Morgan fingerprint density at radius 2 is 0.642 bits per heavy atom. The van der Waals surface area contributed by atoms with E-state index < -0.39 is 0 Å². The molecule has 0 N–H and O–H groups in total. The van der Waals surface area contributed by atoms with E-state index in [1.54, 1.807) is 11.8 Å². The van der Waals surface area contributed by atoms with Crippen LogP contribution in [0.25, 0.3) is 11.1 Å². The van der Waals surface area contributed by atoms with Crippen LogP contribution >= 0.6 is 11.8 Å². The first-order valence-electron chi connectivity index (χ1n) is 18.7. The van der Waals surface area contributed by atoms with E-state index in [4.69, 9.17) is 9.47 Å². The molecule has 53 heavy (non-hydrogen) atoms. The molecule has 6 rings (SSSR count). The van der Waals surface area contributed by atoms with E-state index in [1.165, 1.54) is 43.8 Å². The summed E-state index contributed by atoms with van der Waals surface area (Å²) >= 11 is 1.72. The number of hydrogen-bond acceptors (Lipinski definition) is 3. The van der Waals surface area contributed by atoms with E-state index in [0.29, 0.717) is 0 Å². The number of hydrogen-bond donors (Lipinski definition) is 0. The summed E-state index contributed by atoms with van der Waals surface area (Å²) in [5.74, 6) is 2.52. The molecular formula is C50H54O2S. The summed E-state index contributed by atoms with van der Waals surface area (Å²) in [6, 6.07) is 52.3. The summed E-state index contributed by atoms with van der Waals surface area (Å²) in [6.07, 6.45) is 0. The van der Waals surface area contributed by atoms with Crippen molar-refractivity contribution in [2.45, 2.75) is 101 Å². The Balaban J connectivity index is 1.06. The van der Waals surface area contributed by atoms with Crippen molar-refractivity contribution < 1.29 is 9.47 Å². The van der Waals surface area contributed by atoms with Crippen molar-refractivity contribution in [2.24, 2.45) is 0 Å². The third-order valence-electron chi connectivity index (χ3n) is 10.1. The van der Waals surface area contributed by atoms with Crippen molar-refractivity contribution >= 4 is 11.8 Å². The minimum atomic E-state index is -0.207. The van der Waals surface area contributed by atoms with Crippen molar-refractivity contribution in [3.63, 3.8) is 0 Å². The highest BCUT2D eigenvalue weighted by molar-refractivity contribution is 7.99. The maximum Gasteiger partial charge on any atom is 0.127 e. The van der Waals surface area contributed by atoms with E-state index in [1.807, 2.05) is 24.3 Å². The second kappa shape index (κ2) is 15.0.